The van der Waals surface area contributed by atoms with E-state index in [9.17, 15) is 9.59 Å². The molecular weight excluding hydrogens is 298 g/mol. The summed E-state index contributed by atoms with van der Waals surface area (Å²) in [7, 11) is 1.72. The SMILES string of the molecule is Cc1ccc(OCCN)c(C(=O)NCC2CN(C)C(=O)CO2)c1. The summed E-state index contributed by atoms with van der Waals surface area (Å²) in [6, 6.07) is 5.43. The van der Waals surface area contributed by atoms with Crippen molar-refractivity contribution in [3.63, 3.8) is 0 Å². The van der Waals surface area contributed by atoms with Gasteiger partial charge in [0.2, 0.25) is 5.91 Å². The lowest BCUT2D eigenvalue weighted by molar-refractivity contribution is -0.146. The predicted octanol–water partition coefficient (Wildman–Crippen LogP) is -0.0805. The van der Waals surface area contributed by atoms with Crippen LogP contribution < -0.4 is 15.8 Å². The Hall–Kier alpha value is -2.12. The molecule has 3 N–H and O–H groups in total. The summed E-state index contributed by atoms with van der Waals surface area (Å²) in [4.78, 5) is 25.4. The average Bonchev–Trinajstić information content (AvgIpc) is 2.54. The van der Waals surface area contributed by atoms with E-state index in [1.165, 1.54) is 0 Å². The first kappa shape index (κ1) is 17.2. The van der Waals surface area contributed by atoms with Crippen molar-refractivity contribution in [3.8, 4) is 5.75 Å². The zero-order chi connectivity index (χ0) is 16.8. The summed E-state index contributed by atoms with van der Waals surface area (Å²) in [6.45, 7) is 3.48. The van der Waals surface area contributed by atoms with Gasteiger partial charge in [-0.05, 0) is 19.1 Å². The lowest BCUT2D eigenvalue weighted by atomic mass is 10.1. The Labute approximate surface area is 135 Å². The van der Waals surface area contributed by atoms with Crippen LogP contribution in [0.2, 0.25) is 0 Å². The van der Waals surface area contributed by atoms with Crippen LogP contribution in [-0.2, 0) is 9.53 Å². The molecule has 0 bridgehead atoms. The van der Waals surface area contributed by atoms with Gasteiger partial charge in [-0.25, -0.2) is 0 Å². The quantitative estimate of drug-likeness (QED) is 0.764. The number of rotatable bonds is 6. The maximum atomic E-state index is 12.4. The van der Waals surface area contributed by atoms with Crippen LogP contribution in [0.1, 0.15) is 15.9 Å². The van der Waals surface area contributed by atoms with Gasteiger partial charge in [0.1, 0.15) is 19.0 Å². The molecule has 7 nitrogen and oxygen atoms in total. The van der Waals surface area contributed by atoms with Crippen molar-refractivity contribution in [1.29, 1.82) is 0 Å². The monoisotopic (exact) mass is 321 g/mol. The second-order valence-electron chi connectivity index (χ2n) is 5.55. The number of morpholine rings is 1. The number of amides is 2. The van der Waals surface area contributed by atoms with E-state index in [-0.39, 0.29) is 24.5 Å². The molecule has 2 rings (SSSR count). The third kappa shape index (κ3) is 4.67. The zero-order valence-electron chi connectivity index (χ0n) is 13.5. The highest BCUT2D eigenvalue weighted by Crippen LogP contribution is 2.20. The largest absolute Gasteiger partial charge is 0.491 e. The maximum Gasteiger partial charge on any atom is 0.255 e. The number of nitrogens with two attached hydrogens (primary N) is 1. The van der Waals surface area contributed by atoms with Crippen LogP contribution in [-0.4, -0.2) is 62.7 Å². The molecule has 1 aromatic rings. The van der Waals surface area contributed by atoms with Gasteiger partial charge in [-0.15, -0.1) is 0 Å². The average molecular weight is 321 g/mol. The summed E-state index contributed by atoms with van der Waals surface area (Å²) in [5.41, 5.74) is 6.88. The van der Waals surface area contributed by atoms with E-state index in [2.05, 4.69) is 5.32 Å². The predicted molar refractivity (Wildman–Crippen MR) is 85.4 cm³/mol. The molecule has 23 heavy (non-hydrogen) atoms. The number of carbonyl (C=O) groups is 2. The van der Waals surface area contributed by atoms with E-state index in [1.54, 1.807) is 24.1 Å². The molecule has 0 saturated carbocycles. The molecule has 0 aliphatic carbocycles. The molecule has 1 saturated heterocycles. The van der Waals surface area contributed by atoms with Crippen LogP contribution >= 0.6 is 0 Å². The van der Waals surface area contributed by atoms with Gasteiger partial charge in [0.05, 0.1) is 11.7 Å². The highest BCUT2D eigenvalue weighted by Gasteiger charge is 2.24. The Bertz CT molecular complexity index is 576. The van der Waals surface area contributed by atoms with Gasteiger partial charge in [0.15, 0.2) is 0 Å². The van der Waals surface area contributed by atoms with Crippen LogP contribution in [0.25, 0.3) is 0 Å². The van der Waals surface area contributed by atoms with Crippen molar-refractivity contribution in [3.05, 3.63) is 29.3 Å². The van der Waals surface area contributed by atoms with Crippen LogP contribution in [0, 0.1) is 6.92 Å². The molecule has 1 heterocycles. The summed E-state index contributed by atoms with van der Waals surface area (Å²) in [6.07, 6.45) is -0.208. The number of aryl methyl sites for hydroxylation is 1. The third-order valence-electron chi connectivity index (χ3n) is 3.59. The van der Waals surface area contributed by atoms with E-state index < -0.39 is 0 Å². The van der Waals surface area contributed by atoms with Gasteiger partial charge in [-0.3, -0.25) is 9.59 Å². The molecule has 0 radical (unpaired) electrons. The number of benzene rings is 1. The lowest BCUT2D eigenvalue weighted by Gasteiger charge is -2.30. The Morgan fingerprint density at radius 3 is 3.00 bits per heavy atom. The van der Waals surface area contributed by atoms with Gasteiger partial charge in [0.25, 0.3) is 5.91 Å². The van der Waals surface area contributed by atoms with Crippen molar-refractivity contribution < 1.29 is 19.1 Å². The van der Waals surface area contributed by atoms with Gasteiger partial charge in [0, 0.05) is 26.7 Å². The summed E-state index contributed by atoms with van der Waals surface area (Å²) >= 11 is 0. The minimum absolute atomic E-state index is 0.0480. The first-order chi connectivity index (χ1) is 11.0. The van der Waals surface area contributed by atoms with E-state index in [0.29, 0.717) is 37.6 Å². The first-order valence-electron chi connectivity index (χ1n) is 7.58. The summed E-state index contributed by atoms with van der Waals surface area (Å²) in [5.74, 6) is 0.225. The van der Waals surface area contributed by atoms with Gasteiger partial charge >= 0.3 is 0 Å². The number of hydrogen-bond donors (Lipinski definition) is 2. The van der Waals surface area contributed by atoms with E-state index in [4.69, 9.17) is 15.2 Å². The molecule has 1 aromatic carbocycles. The fourth-order valence-corrected chi connectivity index (χ4v) is 2.30. The van der Waals surface area contributed by atoms with E-state index in [1.807, 2.05) is 13.0 Å². The van der Waals surface area contributed by atoms with Crippen molar-refractivity contribution in [1.82, 2.24) is 10.2 Å². The number of ether oxygens (including phenoxy) is 2. The fraction of sp³-hybridized carbons (Fsp3) is 0.500. The molecule has 1 aliphatic heterocycles. The van der Waals surface area contributed by atoms with E-state index >= 15 is 0 Å². The minimum Gasteiger partial charge on any atom is -0.491 e. The van der Waals surface area contributed by atoms with Crippen LogP contribution in [0.3, 0.4) is 0 Å². The van der Waals surface area contributed by atoms with Gasteiger partial charge in [-0.2, -0.15) is 0 Å². The number of hydrogen-bond acceptors (Lipinski definition) is 5. The topological polar surface area (TPSA) is 93.9 Å². The lowest BCUT2D eigenvalue weighted by Crippen LogP contribution is -2.48. The molecular formula is C16H23N3O4. The smallest absolute Gasteiger partial charge is 0.255 e. The zero-order valence-corrected chi connectivity index (χ0v) is 13.5. The standard InChI is InChI=1S/C16H23N3O4/c1-11-3-4-14(22-6-5-17)13(7-11)16(21)18-8-12-9-19(2)15(20)10-23-12/h3-4,7,12H,5-6,8-10,17H2,1-2H3,(H,18,21). The fourth-order valence-electron chi connectivity index (χ4n) is 2.30. The Morgan fingerprint density at radius 1 is 1.52 bits per heavy atom. The number of carbonyl (C=O) groups excluding carboxylic acids is 2. The minimum atomic E-state index is -0.233. The first-order valence-corrected chi connectivity index (χ1v) is 7.58. The molecule has 1 fully saturated rings. The maximum absolute atomic E-state index is 12.4. The highest BCUT2D eigenvalue weighted by molar-refractivity contribution is 5.97. The third-order valence-corrected chi connectivity index (χ3v) is 3.59. The van der Waals surface area contributed by atoms with Crippen molar-refractivity contribution in [2.75, 3.05) is 39.9 Å². The highest BCUT2D eigenvalue weighted by atomic mass is 16.5. The molecule has 0 spiro atoms. The molecule has 7 heteroatoms. The van der Waals surface area contributed by atoms with Crippen molar-refractivity contribution in [2.24, 2.45) is 5.73 Å². The summed E-state index contributed by atoms with van der Waals surface area (Å²) < 4.78 is 10.9. The van der Waals surface area contributed by atoms with Crippen molar-refractivity contribution in [2.45, 2.75) is 13.0 Å². The number of likely N-dealkylation sites (N-methyl/N-ethyl adjacent to an activating group) is 1. The Morgan fingerprint density at radius 2 is 2.30 bits per heavy atom. The van der Waals surface area contributed by atoms with Gasteiger partial charge in [-0.1, -0.05) is 11.6 Å². The van der Waals surface area contributed by atoms with Crippen LogP contribution in [0.15, 0.2) is 18.2 Å². The Kier molecular flexibility index (Phi) is 5.95. The molecule has 1 unspecified atom stereocenters. The Balaban J connectivity index is 1.97. The molecule has 1 atom stereocenters. The summed E-state index contributed by atoms with van der Waals surface area (Å²) in [5, 5.41) is 2.83. The number of nitrogens with zero attached hydrogens (tertiary/aromatic N) is 1. The van der Waals surface area contributed by atoms with E-state index in [0.717, 1.165) is 5.56 Å². The molecule has 1 aliphatic rings. The second kappa shape index (κ2) is 7.94. The van der Waals surface area contributed by atoms with Gasteiger partial charge < -0.3 is 25.4 Å². The molecule has 2 amide bonds. The normalized spacial score (nSPS) is 18.0. The van der Waals surface area contributed by atoms with Crippen molar-refractivity contribution >= 4 is 11.8 Å². The molecule has 0 aromatic heterocycles. The second-order valence-corrected chi connectivity index (χ2v) is 5.55. The van der Waals surface area contributed by atoms with Crippen LogP contribution in [0.5, 0.6) is 5.75 Å². The number of nitrogens with one attached hydrogen (secondary N) is 1. The molecule has 126 valence electrons. The van der Waals surface area contributed by atoms with Crippen LogP contribution in [0.4, 0.5) is 0 Å².